The number of nitrogens with zero attached hydrogens (tertiary/aromatic N) is 1. The molecule has 0 aliphatic carbocycles. The molecule has 98 valence electrons. The number of anilines is 1. The van der Waals surface area contributed by atoms with E-state index in [2.05, 4.69) is 33.5 Å². The van der Waals surface area contributed by atoms with Crippen molar-refractivity contribution < 1.29 is 4.79 Å². The van der Waals surface area contributed by atoms with Crippen LogP contribution in [0, 0.1) is 0 Å². The molecule has 1 aromatic heterocycles. The SMILES string of the molecule is O=C1CCc2cc(-c3ccc4nc[nH]c4c3)ccc2N1. The lowest BCUT2D eigenvalue weighted by Gasteiger charge is -2.17. The van der Waals surface area contributed by atoms with Gasteiger partial charge in [0.1, 0.15) is 0 Å². The first kappa shape index (κ1) is 11.2. The van der Waals surface area contributed by atoms with E-state index in [0.717, 1.165) is 34.3 Å². The third-order valence-corrected chi connectivity index (χ3v) is 3.75. The standard InChI is InChI=1S/C16H13N3O/c20-16-6-3-12-7-10(1-4-13(12)19-16)11-2-5-14-15(8-11)18-9-17-14/h1-2,4-5,7-9H,3,6H2,(H,17,18)(H,19,20). The van der Waals surface area contributed by atoms with Crippen LogP contribution in [-0.4, -0.2) is 15.9 Å². The Morgan fingerprint density at radius 3 is 2.80 bits per heavy atom. The van der Waals surface area contributed by atoms with Crippen molar-refractivity contribution in [3.8, 4) is 11.1 Å². The van der Waals surface area contributed by atoms with Crippen molar-refractivity contribution in [3.05, 3.63) is 48.3 Å². The molecule has 0 spiro atoms. The molecule has 0 unspecified atom stereocenters. The Balaban J connectivity index is 1.80. The van der Waals surface area contributed by atoms with E-state index in [4.69, 9.17) is 0 Å². The van der Waals surface area contributed by atoms with E-state index in [0.29, 0.717) is 6.42 Å². The molecule has 0 atom stereocenters. The van der Waals surface area contributed by atoms with Crippen LogP contribution in [-0.2, 0) is 11.2 Å². The van der Waals surface area contributed by atoms with Crippen LogP contribution < -0.4 is 5.32 Å². The van der Waals surface area contributed by atoms with Gasteiger partial charge < -0.3 is 10.3 Å². The van der Waals surface area contributed by atoms with E-state index in [1.54, 1.807) is 6.33 Å². The molecule has 1 amide bonds. The van der Waals surface area contributed by atoms with Crippen LogP contribution >= 0.6 is 0 Å². The molecule has 2 heterocycles. The second-order valence-corrected chi connectivity index (χ2v) is 5.05. The highest BCUT2D eigenvalue weighted by atomic mass is 16.1. The van der Waals surface area contributed by atoms with Gasteiger partial charge in [-0.15, -0.1) is 0 Å². The Bertz CT molecular complexity index is 819. The van der Waals surface area contributed by atoms with E-state index in [-0.39, 0.29) is 5.91 Å². The predicted molar refractivity (Wildman–Crippen MR) is 78.5 cm³/mol. The second kappa shape index (κ2) is 4.20. The van der Waals surface area contributed by atoms with Gasteiger partial charge in [-0.05, 0) is 47.4 Å². The van der Waals surface area contributed by atoms with E-state index < -0.39 is 0 Å². The number of hydrogen-bond donors (Lipinski definition) is 2. The highest BCUT2D eigenvalue weighted by Crippen LogP contribution is 2.29. The molecule has 1 aliphatic heterocycles. The summed E-state index contributed by atoms with van der Waals surface area (Å²) in [4.78, 5) is 18.7. The number of fused-ring (bicyclic) bond motifs is 2. The zero-order valence-corrected chi connectivity index (χ0v) is 10.8. The molecule has 2 N–H and O–H groups in total. The van der Waals surface area contributed by atoms with Gasteiger partial charge in [-0.2, -0.15) is 0 Å². The smallest absolute Gasteiger partial charge is 0.224 e. The maximum atomic E-state index is 11.4. The highest BCUT2D eigenvalue weighted by Gasteiger charge is 2.15. The van der Waals surface area contributed by atoms with Crippen molar-refractivity contribution in [1.29, 1.82) is 0 Å². The topological polar surface area (TPSA) is 57.8 Å². The number of carbonyl (C=O) groups excluding carboxylic acids is 1. The van der Waals surface area contributed by atoms with Crippen molar-refractivity contribution in [2.75, 3.05) is 5.32 Å². The molecular formula is C16H13N3O. The van der Waals surface area contributed by atoms with Crippen molar-refractivity contribution in [3.63, 3.8) is 0 Å². The molecule has 0 radical (unpaired) electrons. The monoisotopic (exact) mass is 263 g/mol. The summed E-state index contributed by atoms with van der Waals surface area (Å²) in [6.07, 6.45) is 3.08. The lowest BCUT2D eigenvalue weighted by atomic mass is 9.97. The van der Waals surface area contributed by atoms with Crippen LogP contribution in [0.25, 0.3) is 22.2 Å². The summed E-state index contributed by atoms with van der Waals surface area (Å²) in [5.74, 6) is 0.101. The van der Waals surface area contributed by atoms with Crippen LogP contribution in [0.5, 0.6) is 0 Å². The van der Waals surface area contributed by atoms with Gasteiger partial charge in [0.15, 0.2) is 0 Å². The number of rotatable bonds is 1. The first-order chi connectivity index (χ1) is 9.79. The lowest BCUT2D eigenvalue weighted by molar-refractivity contribution is -0.116. The van der Waals surface area contributed by atoms with Crippen molar-refractivity contribution in [2.45, 2.75) is 12.8 Å². The number of aryl methyl sites for hydroxylation is 1. The van der Waals surface area contributed by atoms with E-state index in [1.165, 1.54) is 5.56 Å². The Morgan fingerprint density at radius 1 is 1.00 bits per heavy atom. The van der Waals surface area contributed by atoms with E-state index in [9.17, 15) is 4.79 Å². The van der Waals surface area contributed by atoms with Gasteiger partial charge in [0.05, 0.1) is 17.4 Å². The summed E-state index contributed by atoms with van der Waals surface area (Å²) in [6, 6.07) is 12.4. The molecule has 1 aliphatic rings. The molecule has 20 heavy (non-hydrogen) atoms. The largest absolute Gasteiger partial charge is 0.345 e. The van der Waals surface area contributed by atoms with Crippen LogP contribution in [0.4, 0.5) is 5.69 Å². The summed E-state index contributed by atoms with van der Waals surface area (Å²) in [5, 5.41) is 2.91. The van der Waals surface area contributed by atoms with E-state index >= 15 is 0 Å². The zero-order chi connectivity index (χ0) is 13.5. The Labute approximate surface area is 115 Å². The predicted octanol–water partition coefficient (Wildman–Crippen LogP) is 3.11. The molecular weight excluding hydrogens is 250 g/mol. The minimum Gasteiger partial charge on any atom is -0.345 e. The normalized spacial score (nSPS) is 14.1. The van der Waals surface area contributed by atoms with Crippen molar-refractivity contribution in [1.82, 2.24) is 9.97 Å². The molecule has 4 rings (SSSR count). The third kappa shape index (κ3) is 1.77. The summed E-state index contributed by atoms with van der Waals surface area (Å²) >= 11 is 0. The maximum Gasteiger partial charge on any atom is 0.224 e. The molecule has 4 heteroatoms. The first-order valence-corrected chi connectivity index (χ1v) is 6.66. The molecule has 0 fully saturated rings. The molecule has 2 aromatic carbocycles. The average Bonchev–Trinajstić information content (AvgIpc) is 2.94. The molecule has 0 bridgehead atoms. The van der Waals surface area contributed by atoms with Gasteiger partial charge in [0.25, 0.3) is 0 Å². The Kier molecular flexibility index (Phi) is 2.36. The number of nitrogens with one attached hydrogen (secondary N) is 2. The number of hydrogen-bond acceptors (Lipinski definition) is 2. The van der Waals surface area contributed by atoms with Crippen LogP contribution in [0.3, 0.4) is 0 Å². The van der Waals surface area contributed by atoms with Crippen molar-refractivity contribution in [2.24, 2.45) is 0 Å². The first-order valence-electron chi connectivity index (χ1n) is 6.66. The minimum absolute atomic E-state index is 0.101. The molecule has 0 saturated carbocycles. The van der Waals surface area contributed by atoms with Gasteiger partial charge in [0, 0.05) is 12.1 Å². The molecule has 4 nitrogen and oxygen atoms in total. The van der Waals surface area contributed by atoms with Crippen molar-refractivity contribution >= 4 is 22.6 Å². The zero-order valence-electron chi connectivity index (χ0n) is 10.8. The third-order valence-electron chi connectivity index (χ3n) is 3.75. The number of aromatic amines is 1. The number of amides is 1. The fraction of sp³-hybridized carbons (Fsp3) is 0.125. The summed E-state index contributed by atoms with van der Waals surface area (Å²) in [5.41, 5.74) is 6.46. The minimum atomic E-state index is 0.101. The summed E-state index contributed by atoms with van der Waals surface area (Å²) < 4.78 is 0. The van der Waals surface area contributed by atoms with Gasteiger partial charge in [-0.1, -0.05) is 12.1 Å². The van der Waals surface area contributed by atoms with Gasteiger partial charge >= 0.3 is 0 Å². The van der Waals surface area contributed by atoms with Crippen LogP contribution in [0.2, 0.25) is 0 Å². The fourth-order valence-corrected chi connectivity index (χ4v) is 2.68. The number of H-pyrrole nitrogens is 1. The average molecular weight is 263 g/mol. The summed E-state index contributed by atoms with van der Waals surface area (Å²) in [7, 11) is 0. The highest BCUT2D eigenvalue weighted by molar-refractivity contribution is 5.94. The van der Waals surface area contributed by atoms with Gasteiger partial charge in [-0.3, -0.25) is 4.79 Å². The molecule has 0 saturated heterocycles. The second-order valence-electron chi connectivity index (χ2n) is 5.05. The lowest BCUT2D eigenvalue weighted by Crippen LogP contribution is -2.18. The van der Waals surface area contributed by atoms with Crippen LogP contribution in [0.15, 0.2) is 42.7 Å². The fourth-order valence-electron chi connectivity index (χ4n) is 2.68. The van der Waals surface area contributed by atoms with E-state index in [1.807, 2.05) is 18.2 Å². The van der Waals surface area contributed by atoms with Crippen LogP contribution in [0.1, 0.15) is 12.0 Å². The maximum absolute atomic E-state index is 11.4. The Hall–Kier alpha value is -2.62. The molecule has 3 aromatic rings. The summed E-state index contributed by atoms with van der Waals surface area (Å²) in [6.45, 7) is 0. The number of imidazole rings is 1. The number of aromatic nitrogens is 2. The number of benzene rings is 2. The number of carbonyl (C=O) groups is 1. The Morgan fingerprint density at radius 2 is 1.85 bits per heavy atom. The van der Waals surface area contributed by atoms with Gasteiger partial charge in [0.2, 0.25) is 5.91 Å². The van der Waals surface area contributed by atoms with Gasteiger partial charge in [-0.25, -0.2) is 4.98 Å². The quantitative estimate of drug-likeness (QED) is 0.708.